The number of nitrogens with zero attached hydrogens (tertiary/aromatic N) is 2. The molecule has 4 nitrogen and oxygen atoms in total. The zero-order valence-corrected chi connectivity index (χ0v) is 7.92. The second-order valence-electron chi connectivity index (χ2n) is 2.25. The first-order valence-corrected chi connectivity index (χ1v) is 4.14. The van der Waals surface area contributed by atoms with Crippen LogP contribution in [0.3, 0.4) is 0 Å². The van der Waals surface area contributed by atoms with Gasteiger partial charge in [-0.2, -0.15) is 4.98 Å². The van der Waals surface area contributed by atoms with Crippen molar-refractivity contribution in [1.82, 2.24) is 15.0 Å². The van der Waals surface area contributed by atoms with Crippen LogP contribution in [-0.4, -0.2) is 22.1 Å². The van der Waals surface area contributed by atoms with E-state index in [4.69, 9.17) is 4.74 Å². The first kappa shape index (κ1) is 7.54. The average molecular weight is 228 g/mol. The topological polar surface area (TPSA) is 50.8 Å². The Morgan fingerprint density at radius 3 is 3.17 bits per heavy atom. The Morgan fingerprint density at radius 1 is 1.58 bits per heavy atom. The van der Waals surface area contributed by atoms with Crippen LogP contribution >= 0.6 is 15.9 Å². The molecule has 0 bridgehead atoms. The zero-order valence-electron chi connectivity index (χ0n) is 6.34. The molecule has 12 heavy (non-hydrogen) atoms. The standard InChI is InChI=1S/C7H6BrN3O/c1-12-7-4(8)2-5-6(11-7)10-3-9-5/h2-3H,1H3,(H,9,10,11). The summed E-state index contributed by atoms with van der Waals surface area (Å²) in [6.07, 6.45) is 1.60. The van der Waals surface area contributed by atoms with Crippen molar-refractivity contribution in [2.45, 2.75) is 0 Å². The van der Waals surface area contributed by atoms with E-state index >= 15 is 0 Å². The van der Waals surface area contributed by atoms with E-state index in [1.807, 2.05) is 6.07 Å². The number of aromatic amines is 1. The highest BCUT2D eigenvalue weighted by atomic mass is 79.9. The van der Waals surface area contributed by atoms with Crippen LogP contribution in [-0.2, 0) is 0 Å². The normalized spacial score (nSPS) is 10.5. The summed E-state index contributed by atoms with van der Waals surface area (Å²) in [4.78, 5) is 11.1. The number of pyridine rings is 1. The van der Waals surface area contributed by atoms with E-state index in [-0.39, 0.29) is 0 Å². The van der Waals surface area contributed by atoms with E-state index in [9.17, 15) is 0 Å². The van der Waals surface area contributed by atoms with Gasteiger partial charge in [0.05, 0.1) is 23.4 Å². The number of aromatic nitrogens is 3. The third-order valence-corrected chi connectivity index (χ3v) is 2.09. The first-order valence-electron chi connectivity index (χ1n) is 3.35. The summed E-state index contributed by atoms with van der Waals surface area (Å²) in [5.41, 5.74) is 1.55. The van der Waals surface area contributed by atoms with Crippen LogP contribution in [0, 0.1) is 0 Å². The monoisotopic (exact) mass is 227 g/mol. The van der Waals surface area contributed by atoms with Gasteiger partial charge in [-0.1, -0.05) is 0 Å². The van der Waals surface area contributed by atoms with Crippen molar-refractivity contribution in [2.24, 2.45) is 0 Å². The number of imidazole rings is 1. The number of hydrogen-bond acceptors (Lipinski definition) is 3. The highest BCUT2D eigenvalue weighted by molar-refractivity contribution is 9.10. The first-order chi connectivity index (χ1) is 5.81. The molecule has 0 atom stereocenters. The predicted molar refractivity (Wildman–Crippen MR) is 48.1 cm³/mol. The van der Waals surface area contributed by atoms with Crippen molar-refractivity contribution in [3.8, 4) is 5.88 Å². The Bertz CT molecular complexity index is 412. The third-order valence-electron chi connectivity index (χ3n) is 1.52. The summed E-state index contributed by atoms with van der Waals surface area (Å²) < 4.78 is 5.83. The van der Waals surface area contributed by atoms with Gasteiger partial charge < -0.3 is 9.72 Å². The minimum atomic E-state index is 0.551. The molecule has 2 heterocycles. The molecule has 0 amide bonds. The molecule has 0 radical (unpaired) electrons. The van der Waals surface area contributed by atoms with E-state index < -0.39 is 0 Å². The summed E-state index contributed by atoms with van der Waals surface area (Å²) in [6.45, 7) is 0. The number of rotatable bonds is 1. The molecule has 2 aromatic heterocycles. The fourth-order valence-corrected chi connectivity index (χ4v) is 1.45. The maximum absolute atomic E-state index is 5.01. The van der Waals surface area contributed by atoms with Crippen LogP contribution in [0.25, 0.3) is 11.2 Å². The van der Waals surface area contributed by atoms with Gasteiger partial charge in [-0.05, 0) is 22.0 Å². The maximum Gasteiger partial charge on any atom is 0.229 e. The van der Waals surface area contributed by atoms with Crippen LogP contribution in [0.1, 0.15) is 0 Å². The molecular formula is C7H6BrN3O. The molecule has 0 saturated heterocycles. The molecule has 5 heteroatoms. The lowest BCUT2D eigenvalue weighted by Crippen LogP contribution is -1.89. The fraction of sp³-hybridized carbons (Fsp3) is 0.143. The van der Waals surface area contributed by atoms with Gasteiger partial charge in [-0.3, -0.25) is 0 Å². The Hall–Kier alpha value is -1.10. The zero-order chi connectivity index (χ0) is 8.55. The van der Waals surface area contributed by atoms with Gasteiger partial charge in [0.1, 0.15) is 0 Å². The molecule has 1 N–H and O–H groups in total. The van der Waals surface area contributed by atoms with E-state index in [1.165, 1.54) is 0 Å². The molecular weight excluding hydrogens is 222 g/mol. The summed E-state index contributed by atoms with van der Waals surface area (Å²) >= 11 is 3.33. The number of halogens is 1. The summed E-state index contributed by atoms with van der Waals surface area (Å²) in [5, 5.41) is 0. The van der Waals surface area contributed by atoms with Crippen molar-refractivity contribution in [3.05, 3.63) is 16.9 Å². The van der Waals surface area contributed by atoms with Gasteiger partial charge in [-0.15, -0.1) is 0 Å². The number of fused-ring (bicyclic) bond motifs is 1. The summed E-state index contributed by atoms with van der Waals surface area (Å²) in [6, 6.07) is 1.88. The van der Waals surface area contributed by atoms with Crippen molar-refractivity contribution in [3.63, 3.8) is 0 Å². The molecule has 0 aliphatic rings. The maximum atomic E-state index is 5.01. The molecule has 0 aromatic carbocycles. The number of ether oxygens (including phenoxy) is 1. The number of nitrogens with one attached hydrogen (secondary N) is 1. The highest BCUT2D eigenvalue weighted by Crippen LogP contribution is 2.24. The SMILES string of the molecule is COc1nc2nc[nH]c2cc1Br. The van der Waals surface area contributed by atoms with Crippen LogP contribution in [0.5, 0.6) is 5.88 Å². The van der Waals surface area contributed by atoms with Crippen LogP contribution < -0.4 is 4.74 Å². The summed E-state index contributed by atoms with van der Waals surface area (Å²) in [5.74, 6) is 0.551. The molecule has 2 aromatic rings. The van der Waals surface area contributed by atoms with E-state index in [0.29, 0.717) is 11.5 Å². The third kappa shape index (κ3) is 1.06. The van der Waals surface area contributed by atoms with Gasteiger partial charge in [0, 0.05) is 0 Å². The molecule has 0 aliphatic heterocycles. The average Bonchev–Trinajstić information content (AvgIpc) is 2.49. The second-order valence-corrected chi connectivity index (χ2v) is 3.11. The van der Waals surface area contributed by atoms with E-state index in [2.05, 4.69) is 30.9 Å². The summed E-state index contributed by atoms with van der Waals surface area (Å²) in [7, 11) is 1.57. The minimum absolute atomic E-state index is 0.551. The largest absolute Gasteiger partial charge is 0.480 e. The fourth-order valence-electron chi connectivity index (χ4n) is 0.974. The molecule has 0 saturated carbocycles. The second kappa shape index (κ2) is 2.75. The highest BCUT2D eigenvalue weighted by Gasteiger charge is 2.05. The van der Waals surface area contributed by atoms with Crippen molar-refractivity contribution in [2.75, 3.05) is 7.11 Å². The van der Waals surface area contributed by atoms with Gasteiger partial charge in [0.2, 0.25) is 5.88 Å². The molecule has 0 fully saturated rings. The predicted octanol–water partition coefficient (Wildman–Crippen LogP) is 1.73. The van der Waals surface area contributed by atoms with Gasteiger partial charge >= 0.3 is 0 Å². The van der Waals surface area contributed by atoms with Crippen LogP contribution in [0.2, 0.25) is 0 Å². The minimum Gasteiger partial charge on any atom is -0.480 e. The molecule has 62 valence electrons. The van der Waals surface area contributed by atoms with E-state index in [1.54, 1.807) is 13.4 Å². The number of hydrogen-bond donors (Lipinski definition) is 1. The van der Waals surface area contributed by atoms with Crippen molar-refractivity contribution < 1.29 is 4.74 Å². The Morgan fingerprint density at radius 2 is 2.42 bits per heavy atom. The lowest BCUT2D eigenvalue weighted by molar-refractivity contribution is 0.396. The van der Waals surface area contributed by atoms with Gasteiger partial charge in [-0.25, -0.2) is 4.98 Å². The molecule has 0 spiro atoms. The lowest BCUT2D eigenvalue weighted by atomic mass is 10.4. The smallest absolute Gasteiger partial charge is 0.229 e. The van der Waals surface area contributed by atoms with Crippen LogP contribution in [0.4, 0.5) is 0 Å². The van der Waals surface area contributed by atoms with Crippen LogP contribution in [0.15, 0.2) is 16.9 Å². The lowest BCUT2D eigenvalue weighted by Gasteiger charge is -1.99. The quantitative estimate of drug-likeness (QED) is 0.808. The number of H-pyrrole nitrogens is 1. The van der Waals surface area contributed by atoms with Gasteiger partial charge in [0.25, 0.3) is 0 Å². The van der Waals surface area contributed by atoms with E-state index in [0.717, 1.165) is 9.99 Å². The Balaban J connectivity index is 2.73. The van der Waals surface area contributed by atoms with Crippen molar-refractivity contribution in [1.29, 1.82) is 0 Å². The Labute approximate surface area is 77.1 Å². The Kier molecular flexibility index (Phi) is 1.73. The molecule has 0 unspecified atom stereocenters. The molecule has 2 rings (SSSR count). The molecule has 0 aliphatic carbocycles. The van der Waals surface area contributed by atoms with Crippen molar-refractivity contribution >= 4 is 27.1 Å². The van der Waals surface area contributed by atoms with Gasteiger partial charge in [0.15, 0.2) is 5.65 Å². The number of methoxy groups -OCH3 is 1.